The van der Waals surface area contributed by atoms with Crippen LogP contribution < -0.4 is 20.2 Å². The number of benzene rings is 2. The molecule has 2 aromatic carbocycles. The van der Waals surface area contributed by atoms with Gasteiger partial charge < -0.3 is 14.8 Å². The first-order chi connectivity index (χ1) is 13.8. The topological polar surface area (TPSA) is 89.0 Å². The van der Waals surface area contributed by atoms with Crippen LogP contribution in [0.3, 0.4) is 0 Å². The maximum Gasteiger partial charge on any atom is 0.249 e. The second-order valence-corrected chi connectivity index (χ2v) is 7.52. The molecule has 0 fully saturated rings. The zero-order chi connectivity index (χ0) is 21.4. The Labute approximate surface area is 182 Å². The largest absolute Gasteiger partial charge is 0.493 e. The molecule has 7 nitrogen and oxygen atoms in total. The Balaban J connectivity index is 1.93. The number of anilines is 1. The Kier molecular flexibility index (Phi) is 8.48. The van der Waals surface area contributed by atoms with Crippen LogP contribution in [0, 0.1) is 0 Å². The lowest BCUT2D eigenvalue weighted by Crippen LogP contribution is -2.24. The summed E-state index contributed by atoms with van der Waals surface area (Å²) in [6, 6.07) is 10.1. The van der Waals surface area contributed by atoms with Crippen LogP contribution in [0.4, 0.5) is 5.69 Å². The summed E-state index contributed by atoms with van der Waals surface area (Å²) in [6.07, 6.45) is 1.06. The predicted octanol–water partition coefficient (Wildman–Crippen LogP) is 4.38. The molecule has 0 saturated carbocycles. The van der Waals surface area contributed by atoms with E-state index in [-0.39, 0.29) is 12.5 Å². The van der Waals surface area contributed by atoms with E-state index in [1.165, 1.54) is 13.3 Å². The van der Waals surface area contributed by atoms with Gasteiger partial charge in [-0.3, -0.25) is 9.59 Å². The van der Waals surface area contributed by atoms with Gasteiger partial charge in [-0.25, -0.2) is 5.43 Å². The third kappa shape index (κ3) is 7.40. The van der Waals surface area contributed by atoms with E-state index in [0.717, 1.165) is 0 Å². The Morgan fingerprint density at radius 2 is 1.90 bits per heavy atom. The molecular formula is C20H21BrClN3O4. The van der Waals surface area contributed by atoms with E-state index >= 15 is 0 Å². The molecule has 0 aliphatic rings. The van der Waals surface area contributed by atoms with E-state index in [0.29, 0.717) is 32.2 Å². The Morgan fingerprint density at radius 3 is 2.52 bits per heavy atom. The van der Waals surface area contributed by atoms with Gasteiger partial charge in [0.1, 0.15) is 6.42 Å². The number of ether oxygens (including phenoxy) is 2. The van der Waals surface area contributed by atoms with Crippen LogP contribution >= 0.6 is 27.5 Å². The summed E-state index contributed by atoms with van der Waals surface area (Å²) in [7, 11) is 1.54. The summed E-state index contributed by atoms with van der Waals surface area (Å²) < 4.78 is 11.8. The fourth-order valence-electron chi connectivity index (χ4n) is 2.27. The molecule has 0 heterocycles. The highest BCUT2D eigenvalue weighted by atomic mass is 79.9. The highest BCUT2D eigenvalue weighted by Crippen LogP contribution is 2.36. The van der Waals surface area contributed by atoms with Crippen molar-refractivity contribution in [2.45, 2.75) is 26.4 Å². The minimum Gasteiger partial charge on any atom is -0.493 e. The first-order valence-corrected chi connectivity index (χ1v) is 9.87. The van der Waals surface area contributed by atoms with Crippen LogP contribution in [0.2, 0.25) is 5.02 Å². The molecule has 0 spiro atoms. The van der Waals surface area contributed by atoms with Crippen molar-refractivity contribution in [3.05, 3.63) is 51.5 Å². The number of rotatable bonds is 8. The van der Waals surface area contributed by atoms with Gasteiger partial charge in [0.05, 0.1) is 23.9 Å². The van der Waals surface area contributed by atoms with Gasteiger partial charge in [-0.05, 0) is 71.7 Å². The normalized spacial score (nSPS) is 10.8. The maximum absolute atomic E-state index is 11.9. The average Bonchev–Trinajstić information content (AvgIpc) is 2.65. The fraction of sp³-hybridized carbons (Fsp3) is 0.250. The third-order valence-corrected chi connectivity index (χ3v) is 4.30. The van der Waals surface area contributed by atoms with Crippen LogP contribution in [-0.2, 0) is 9.59 Å². The number of hydrazone groups is 1. The van der Waals surface area contributed by atoms with Gasteiger partial charge in [-0.2, -0.15) is 5.10 Å². The quantitative estimate of drug-likeness (QED) is 0.332. The van der Waals surface area contributed by atoms with E-state index in [4.69, 9.17) is 21.1 Å². The van der Waals surface area contributed by atoms with E-state index in [1.807, 2.05) is 13.8 Å². The minimum absolute atomic E-state index is 0.0157. The van der Waals surface area contributed by atoms with Crippen LogP contribution in [0.25, 0.3) is 0 Å². The Bertz CT molecular complexity index is 901. The van der Waals surface area contributed by atoms with Gasteiger partial charge in [-0.15, -0.1) is 0 Å². The molecule has 154 valence electrons. The second kappa shape index (κ2) is 10.8. The van der Waals surface area contributed by atoms with Gasteiger partial charge in [0.15, 0.2) is 11.5 Å². The fourth-order valence-corrected chi connectivity index (χ4v) is 2.95. The van der Waals surface area contributed by atoms with Crippen molar-refractivity contribution >= 4 is 51.2 Å². The Morgan fingerprint density at radius 1 is 1.21 bits per heavy atom. The molecule has 2 N–H and O–H groups in total. The molecule has 0 saturated heterocycles. The lowest BCUT2D eigenvalue weighted by molar-refractivity contribution is -0.126. The molecular weight excluding hydrogens is 462 g/mol. The first-order valence-electron chi connectivity index (χ1n) is 8.70. The van der Waals surface area contributed by atoms with E-state index in [9.17, 15) is 9.59 Å². The highest BCUT2D eigenvalue weighted by Gasteiger charge is 2.13. The molecule has 0 unspecified atom stereocenters. The van der Waals surface area contributed by atoms with E-state index in [2.05, 4.69) is 31.8 Å². The van der Waals surface area contributed by atoms with Crippen LogP contribution in [-0.4, -0.2) is 31.2 Å². The maximum atomic E-state index is 11.9. The number of amides is 2. The van der Waals surface area contributed by atoms with Gasteiger partial charge in [0, 0.05) is 10.7 Å². The standard InChI is InChI=1S/C20H21BrClN3O4/c1-12(2)29-20-16(21)8-13(9-17(20)28-3)11-23-25-19(27)10-18(26)24-15-6-4-14(22)5-7-15/h4-9,11-12H,10H2,1-3H3,(H,24,26)(H,25,27). The summed E-state index contributed by atoms with van der Waals surface area (Å²) in [5.41, 5.74) is 3.55. The van der Waals surface area contributed by atoms with Crippen LogP contribution in [0.5, 0.6) is 11.5 Å². The van der Waals surface area contributed by atoms with Crippen molar-refractivity contribution in [3.8, 4) is 11.5 Å². The predicted molar refractivity (Wildman–Crippen MR) is 117 cm³/mol. The van der Waals surface area contributed by atoms with Crippen LogP contribution in [0.15, 0.2) is 46.0 Å². The SMILES string of the molecule is COc1cc(C=NNC(=O)CC(=O)Nc2ccc(Cl)cc2)cc(Br)c1OC(C)C. The monoisotopic (exact) mass is 481 g/mol. The van der Waals surface area contributed by atoms with Crippen LogP contribution in [0.1, 0.15) is 25.8 Å². The van der Waals surface area contributed by atoms with Crippen molar-refractivity contribution in [1.29, 1.82) is 0 Å². The summed E-state index contributed by atoms with van der Waals surface area (Å²) in [6.45, 7) is 3.83. The van der Waals surface area contributed by atoms with Gasteiger partial charge in [0.2, 0.25) is 11.8 Å². The number of carbonyl (C=O) groups is 2. The molecule has 0 aromatic heterocycles. The zero-order valence-electron chi connectivity index (χ0n) is 16.2. The number of nitrogens with zero attached hydrogens (tertiary/aromatic N) is 1. The number of methoxy groups -OCH3 is 1. The molecule has 2 amide bonds. The molecule has 0 aliphatic carbocycles. The number of halogens is 2. The molecule has 2 rings (SSSR count). The lowest BCUT2D eigenvalue weighted by Gasteiger charge is -2.15. The number of hydrogen-bond donors (Lipinski definition) is 2. The summed E-state index contributed by atoms with van der Waals surface area (Å²) in [5.74, 6) is 0.115. The van der Waals surface area contributed by atoms with Crippen molar-refractivity contribution in [2.24, 2.45) is 5.10 Å². The summed E-state index contributed by atoms with van der Waals surface area (Å²) in [4.78, 5) is 23.8. The van der Waals surface area contributed by atoms with Crippen molar-refractivity contribution in [1.82, 2.24) is 5.43 Å². The molecule has 29 heavy (non-hydrogen) atoms. The summed E-state index contributed by atoms with van der Waals surface area (Å²) >= 11 is 9.23. The third-order valence-electron chi connectivity index (χ3n) is 3.46. The van der Waals surface area contributed by atoms with Gasteiger partial charge >= 0.3 is 0 Å². The molecule has 0 bridgehead atoms. The minimum atomic E-state index is -0.543. The molecule has 9 heteroatoms. The average molecular weight is 483 g/mol. The first kappa shape index (κ1) is 22.7. The van der Waals surface area contributed by atoms with Crippen molar-refractivity contribution in [2.75, 3.05) is 12.4 Å². The van der Waals surface area contributed by atoms with E-state index < -0.39 is 11.8 Å². The number of hydrogen-bond acceptors (Lipinski definition) is 5. The summed E-state index contributed by atoms with van der Waals surface area (Å²) in [5, 5.41) is 7.04. The highest BCUT2D eigenvalue weighted by molar-refractivity contribution is 9.10. The molecule has 0 radical (unpaired) electrons. The van der Waals surface area contributed by atoms with Gasteiger partial charge in [0.25, 0.3) is 0 Å². The molecule has 0 atom stereocenters. The van der Waals surface area contributed by atoms with Crippen molar-refractivity contribution < 1.29 is 19.1 Å². The number of carbonyl (C=O) groups excluding carboxylic acids is 2. The Hall–Kier alpha value is -2.58. The lowest BCUT2D eigenvalue weighted by atomic mass is 10.2. The smallest absolute Gasteiger partial charge is 0.249 e. The second-order valence-electron chi connectivity index (χ2n) is 6.23. The molecule has 0 aliphatic heterocycles. The zero-order valence-corrected chi connectivity index (χ0v) is 18.5. The van der Waals surface area contributed by atoms with E-state index in [1.54, 1.807) is 36.4 Å². The van der Waals surface area contributed by atoms with Gasteiger partial charge in [-0.1, -0.05) is 11.6 Å². The number of nitrogens with one attached hydrogen (secondary N) is 2. The van der Waals surface area contributed by atoms with Crippen molar-refractivity contribution in [3.63, 3.8) is 0 Å². The molecule has 2 aromatic rings.